The molecule has 0 aliphatic heterocycles. The van der Waals surface area contributed by atoms with E-state index in [0.717, 1.165) is 25.7 Å². The van der Waals surface area contributed by atoms with Crippen molar-refractivity contribution in [1.82, 2.24) is 0 Å². The van der Waals surface area contributed by atoms with E-state index in [1.54, 1.807) is 0 Å². The summed E-state index contributed by atoms with van der Waals surface area (Å²) in [5.41, 5.74) is -1.97. The van der Waals surface area contributed by atoms with Crippen LogP contribution in [0.2, 0.25) is 0 Å². The summed E-state index contributed by atoms with van der Waals surface area (Å²) in [7, 11) is 0. The minimum atomic E-state index is -0.491. The van der Waals surface area contributed by atoms with E-state index in [0.29, 0.717) is 23.7 Å². The molecule has 0 aromatic rings. The summed E-state index contributed by atoms with van der Waals surface area (Å²) < 4.78 is 0. The van der Waals surface area contributed by atoms with Crippen molar-refractivity contribution < 1.29 is 42.1 Å². The normalized spacial score (nSPS) is 15.6. The van der Waals surface area contributed by atoms with Gasteiger partial charge in [-0.1, -0.05) is 81.1 Å². The molecule has 33 heavy (non-hydrogen) atoms. The quantitative estimate of drug-likeness (QED) is 0.259. The first-order valence-corrected chi connectivity index (χ1v) is 12.8. The molecule has 0 radical (unpaired) electrons. The zero-order valence-electron chi connectivity index (χ0n) is 25.4. The maximum atomic E-state index is 9.29. The summed E-state index contributed by atoms with van der Waals surface area (Å²) in [6.07, 6.45) is 4.18. The zero-order chi connectivity index (χ0) is 27.1. The number of hydrogen-bond donors (Lipinski definition) is 4. The van der Waals surface area contributed by atoms with Gasteiger partial charge in [0.15, 0.2) is 0 Å². The third kappa shape index (κ3) is 28.7. The average Bonchev–Trinajstić information content (AvgIpc) is 2.63. The fourth-order valence-corrected chi connectivity index (χ4v) is 2.00. The van der Waals surface area contributed by atoms with Gasteiger partial charge in [0.05, 0.1) is 22.4 Å². The molecule has 5 heteroatoms. The molecular formula is C28H64O4Ti. The molecule has 4 nitrogen and oxygen atoms in total. The van der Waals surface area contributed by atoms with Crippen LogP contribution in [0.3, 0.4) is 0 Å². The molecule has 0 fully saturated rings. The molecule has 4 unspecified atom stereocenters. The first kappa shape index (κ1) is 43.6. The molecule has 0 saturated heterocycles. The Morgan fingerprint density at radius 2 is 0.485 bits per heavy atom. The second-order valence-corrected chi connectivity index (χ2v) is 11.9. The minimum Gasteiger partial charge on any atom is -0.390 e. The van der Waals surface area contributed by atoms with Gasteiger partial charge in [-0.05, 0) is 79.1 Å². The standard InChI is InChI=1S/4C7H16O.Ti/c4*1-5-6(2)7(3,4)8;/h4*6,8H,5H2,1-4H3;. The first-order valence-electron chi connectivity index (χ1n) is 12.8. The molecule has 0 aliphatic rings. The summed E-state index contributed by atoms with van der Waals surface area (Å²) >= 11 is 0. The van der Waals surface area contributed by atoms with Gasteiger partial charge >= 0.3 is 0 Å². The van der Waals surface area contributed by atoms with Crippen molar-refractivity contribution in [1.29, 1.82) is 0 Å². The van der Waals surface area contributed by atoms with Gasteiger partial charge in [-0.3, -0.25) is 0 Å². The second kappa shape index (κ2) is 19.7. The summed E-state index contributed by atoms with van der Waals surface area (Å²) in [5.74, 6) is 1.62. The number of aliphatic hydroxyl groups is 4. The maximum absolute atomic E-state index is 9.29. The third-order valence-electron chi connectivity index (χ3n) is 7.27. The van der Waals surface area contributed by atoms with Crippen LogP contribution >= 0.6 is 0 Å². The van der Waals surface area contributed by atoms with Crippen LogP contribution in [-0.4, -0.2) is 42.8 Å². The fourth-order valence-electron chi connectivity index (χ4n) is 2.00. The zero-order valence-corrected chi connectivity index (χ0v) is 27.0. The Kier molecular flexibility index (Phi) is 26.0. The maximum Gasteiger partial charge on any atom is 0.0617 e. The summed E-state index contributed by atoms with van der Waals surface area (Å²) in [6, 6.07) is 0. The SMILES string of the molecule is CCC(C)C(C)(C)O.CCC(C)C(C)(C)O.CCC(C)C(C)(C)O.CCC(C)C(C)(C)O.[Ti]. The van der Waals surface area contributed by atoms with E-state index < -0.39 is 22.4 Å². The Bertz CT molecular complexity index is 332. The van der Waals surface area contributed by atoms with Crippen molar-refractivity contribution in [2.24, 2.45) is 23.7 Å². The third-order valence-corrected chi connectivity index (χ3v) is 7.27. The van der Waals surface area contributed by atoms with Crippen LogP contribution in [-0.2, 0) is 21.7 Å². The number of rotatable bonds is 8. The van der Waals surface area contributed by atoms with E-state index in [1.165, 1.54) is 0 Å². The van der Waals surface area contributed by atoms with Crippen molar-refractivity contribution in [3.8, 4) is 0 Å². The molecular weight excluding hydrogens is 448 g/mol. The van der Waals surface area contributed by atoms with E-state index in [-0.39, 0.29) is 21.7 Å². The van der Waals surface area contributed by atoms with Gasteiger partial charge in [0.1, 0.15) is 0 Å². The molecule has 204 valence electrons. The minimum absolute atomic E-state index is 0. The van der Waals surface area contributed by atoms with Crippen molar-refractivity contribution in [2.75, 3.05) is 0 Å². The Morgan fingerprint density at radius 1 is 0.394 bits per heavy atom. The second-order valence-electron chi connectivity index (χ2n) is 11.9. The molecule has 0 rings (SSSR count). The first-order chi connectivity index (χ1) is 13.9. The van der Waals surface area contributed by atoms with Gasteiger partial charge in [0.25, 0.3) is 0 Å². The van der Waals surface area contributed by atoms with Crippen molar-refractivity contribution >= 4 is 0 Å². The summed E-state index contributed by atoms with van der Waals surface area (Å²) in [6.45, 7) is 31.4. The molecule has 0 amide bonds. The van der Waals surface area contributed by atoms with Crippen LogP contribution in [0.4, 0.5) is 0 Å². The topological polar surface area (TPSA) is 80.9 Å². The Hall–Kier alpha value is 0.554. The Morgan fingerprint density at radius 3 is 0.485 bits per heavy atom. The van der Waals surface area contributed by atoms with Crippen LogP contribution in [0.15, 0.2) is 0 Å². The van der Waals surface area contributed by atoms with E-state index in [2.05, 4.69) is 55.4 Å². The fraction of sp³-hybridized carbons (Fsp3) is 1.00. The van der Waals surface area contributed by atoms with Crippen LogP contribution in [0.5, 0.6) is 0 Å². The molecule has 0 bridgehead atoms. The van der Waals surface area contributed by atoms with Crippen molar-refractivity contribution in [2.45, 2.75) is 159 Å². The molecule has 0 spiro atoms. The van der Waals surface area contributed by atoms with E-state index in [1.807, 2.05) is 55.4 Å². The predicted molar refractivity (Wildman–Crippen MR) is 143 cm³/mol. The Labute approximate surface area is 224 Å². The largest absolute Gasteiger partial charge is 0.390 e. The molecule has 4 atom stereocenters. The van der Waals surface area contributed by atoms with Crippen LogP contribution in [0.1, 0.15) is 136 Å². The van der Waals surface area contributed by atoms with E-state index >= 15 is 0 Å². The molecule has 0 aromatic heterocycles. The summed E-state index contributed by atoms with van der Waals surface area (Å²) in [4.78, 5) is 0. The Balaban J connectivity index is -0.000000105. The number of hydrogen-bond acceptors (Lipinski definition) is 4. The smallest absolute Gasteiger partial charge is 0.0617 e. The van der Waals surface area contributed by atoms with Crippen LogP contribution < -0.4 is 0 Å². The van der Waals surface area contributed by atoms with E-state index in [4.69, 9.17) is 0 Å². The molecule has 0 heterocycles. The van der Waals surface area contributed by atoms with Crippen LogP contribution in [0, 0.1) is 23.7 Å². The summed E-state index contributed by atoms with van der Waals surface area (Å²) in [5, 5.41) is 37.1. The van der Waals surface area contributed by atoms with Gasteiger partial charge in [-0.2, -0.15) is 0 Å². The van der Waals surface area contributed by atoms with Gasteiger partial charge in [0, 0.05) is 21.7 Å². The van der Waals surface area contributed by atoms with Gasteiger partial charge in [-0.15, -0.1) is 0 Å². The molecule has 0 aliphatic carbocycles. The average molecular weight is 513 g/mol. The predicted octanol–water partition coefficient (Wildman–Crippen LogP) is 7.21. The molecule has 4 N–H and O–H groups in total. The van der Waals surface area contributed by atoms with Gasteiger partial charge in [-0.25, -0.2) is 0 Å². The monoisotopic (exact) mass is 512 g/mol. The molecule has 0 saturated carbocycles. The van der Waals surface area contributed by atoms with Gasteiger partial charge < -0.3 is 20.4 Å². The van der Waals surface area contributed by atoms with Crippen molar-refractivity contribution in [3.05, 3.63) is 0 Å². The van der Waals surface area contributed by atoms with Crippen molar-refractivity contribution in [3.63, 3.8) is 0 Å². The van der Waals surface area contributed by atoms with Crippen LogP contribution in [0.25, 0.3) is 0 Å². The van der Waals surface area contributed by atoms with E-state index in [9.17, 15) is 20.4 Å². The van der Waals surface area contributed by atoms with Gasteiger partial charge in [0.2, 0.25) is 0 Å². The molecule has 0 aromatic carbocycles.